The summed E-state index contributed by atoms with van der Waals surface area (Å²) >= 11 is 0. The van der Waals surface area contributed by atoms with E-state index in [1.54, 1.807) is 18.2 Å². The van der Waals surface area contributed by atoms with Gasteiger partial charge in [-0.3, -0.25) is 0 Å². The first-order valence-electron chi connectivity index (χ1n) is 6.95. The van der Waals surface area contributed by atoms with Gasteiger partial charge in [0, 0.05) is 5.92 Å². The summed E-state index contributed by atoms with van der Waals surface area (Å²) < 4.78 is 16.3. The van der Waals surface area contributed by atoms with Crippen molar-refractivity contribution in [3.8, 4) is 11.5 Å². The standard InChI is InChI=1S/C15H20N2O4/c1-4-19-13-7-11(8-18)5-6-12(13)20-9-14-16-15(10(2)3)17-21-14/h5-7,10,18H,4,8-9H2,1-3H3. The Morgan fingerprint density at radius 2 is 2.05 bits per heavy atom. The lowest BCUT2D eigenvalue weighted by molar-refractivity contribution is 0.227. The lowest BCUT2D eigenvalue weighted by Crippen LogP contribution is -2.01. The third-order valence-electron chi connectivity index (χ3n) is 2.84. The fourth-order valence-corrected chi connectivity index (χ4v) is 1.74. The maximum atomic E-state index is 9.15. The molecular formula is C15H20N2O4. The number of aliphatic hydroxyl groups excluding tert-OH is 1. The summed E-state index contributed by atoms with van der Waals surface area (Å²) in [7, 11) is 0. The van der Waals surface area contributed by atoms with Crippen molar-refractivity contribution >= 4 is 0 Å². The van der Waals surface area contributed by atoms with Crippen molar-refractivity contribution < 1.29 is 19.1 Å². The van der Waals surface area contributed by atoms with E-state index in [4.69, 9.17) is 19.1 Å². The lowest BCUT2D eigenvalue weighted by atomic mass is 10.2. The molecule has 1 N–H and O–H groups in total. The van der Waals surface area contributed by atoms with Gasteiger partial charge in [0.15, 0.2) is 23.9 Å². The van der Waals surface area contributed by atoms with Crippen molar-refractivity contribution in [1.29, 1.82) is 0 Å². The Morgan fingerprint density at radius 3 is 2.67 bits per heavy atom. The number of hydrogen-bond donors (Lipinski definition) is 1. The Kier molecular flexibility index (Phi) is 5.16. The molecule has 0 aliphatic heterocycles. The van der Waals surface area contributed by atoms with Crippen molar-refractivity contribution in [1.82, 2.24) is 10.1 Å². The van der Waals surface area contributed by atoms with Gasteiger partial charge in [0.25, 0.3) is 5.89 Å². The van der Waals surface area contributed by atoms with Gasteiger partial charge in [-0.1, -0.05) is 25.1 Å². The van der Waals surface area contributed by atoms with E-state index in [1.165, 1.54) is 0 Å². The van der Waals surface area contributed by atoms with E-state index in [0.717, 1.165) is 5.56 Å². The van der Waals surface area contributed by atoms with Crippen LogP contribution >= 0.6 is 0 Å². The summed E-state index contributed by atoms with van der Waals surface area (Å²) in [4.78, 5) is 4.25. The summed E-state index contributed by atoms with van der Waals surface area (Å²) in [5.41, 5.74) is 0.769. The number of nitrogens with zero attached hydrogens (tertiary/aromatic N) is 2. The molecule has 0 saturated carbocycles. The summed E-state index contributed by atoms with van der Waals surface area (Å²) in [5.74, 6) is 2.47. The zero-order valence-electron chi connectivity index (χ0n) is 12.5. The van der Waals surface area contributed by atoms with Crippen LogP contribution in [0, 0.1) is 0 Å². The minimum absolute atomic E-state index is 0.0399. The van der Waals surface area contributed by atoms with Crippen LogP contribution in [0.5, 0.6) is 11.5 Å². The predicted octanol–water partition coefficient (Wildman–Crippen LogP) is 2.66. The van der Waals surface area contributed by atoms with Crippen LogP contribution in [0.4, 0.5) is 0 Å². The topological polar surface area (TPSA) is 77.6 Å². The highest BCUT2D eigenvalue weighted by atomic mass is 16.5. The van der Waals surface area contributed by atoms with Crippen LogP contribution < -0.4 is 9.47 Å². The van der Waals surface area contributed by atoms with Crippen LogP contribution in [-0.4, -0.2) is 21.9 Å². The van der Waals surface area contributed by atoms with E-state index in [0.29, 0.717) is 29.8 Å². The van der Waals surface area contributed by atoms with E-state index in [1.807, 2.05) is 20.8 Å². The summed E-state index contributed by atoms with van der Waals surface area (Å²) in [6.45, 7) is 6.54. The van der Waals surface area contributed by atoms with E-state index >= 15 is 0 Å². The Balaban J connectivity index is 2.07. The van der Waals surface area contributed by atoms with E-state index in [9.17, 15) is 0 Å². The monoisotopic (exact) mass is 292 g/mol. The van der Waals surface area contributed by atoms with Crippen LogP contribution in [0.15, 0.2) is 22.7 Å². The number of aliphatic hydroxyl groups is 1. The minimum atomic E-state index is -0.0399. The normalized spacial score (nSPS) is 10.9. The van der Waals surface area contributed by atoms with E-state index in [2.05, 4.69) is 10.1 Å². The first-order valence-corrected chi connectivity index (χ1v) is 6.95. The zero-order chi connectivity index (χ0) is 15.2. The second-order valence-electron chi connectivity index (χ2n) is 4.86. The Labute approximate surface area is 123 Å². The maximum absolute atomic E-state index is 9.15. The molecule has 0 atom stereocenters. The first kappa shape index (κ1) is 15.3. The molecule has 1 aromatic carbocycles. The van der Waals surface area contributed by atoms with Gasteiger partial charge in [0.2, 0.25) is 0 Å². The van der Waals surface area contributed by atoms with Crippen molar-refractivity contribution in [3.63, 3.8) is 0 Å². The maximum Gasteiger partial charge on any atom is 0.264 e. The van der Waals surface area contributed by atoms with Gasteiger partial charge >= 0.3 is 0 Å². The Hall–Kier alpha value is -2.08. The van der Waals surface area contributed by atoms with Gasteiger partial charge in [-0.05, 0) is 24.6 Å². The molecule has 0 radical (unpaired) electrons. The molecule has 0 aliphatic rings. The SMILES string of the molecule is CCOc1cc(CO)ccc1OCc1nc(C(C)C)no1. The van der Waals surface area contributed by atoms with Gasteiger partial charge in [-0.2, -0.15) is 4.98 Å². The molecule has 6 heteroatoms. The number of hydrogen-bond acceptors (Lipinski definition) is 6. The minimum Gasteiger partial charge on any atom is -0.490 e. The molecule has 1 heterocycles. The molecule has 2 aromatic rings. The zero-order valence-corrected chi connectivity index (χ0v) is 12.5. The van der Waals surface area contributed by atoms with Crippen LogP contribution in [-0.2, 0) is 13.2 Å². The number of aromatic nitrogens is 2. The van der Waals surface area contributed by atoms with Gasteiger partial charge < -0.3 is 19.1 Å². The Morgan fingerprint density at radius 1 is 1.24 bits per heavy atom. The van der Waals surface area contributed by atoms with Crippen molar-refractivity contribution in [3.05, 3.63) is 35.5 Å². The molecule has 1 aromatic heterocycles. The molecule has 0 fully saturated rings. The lowest BCUT2D eigenvalue weighted by Gasteiger charge is -2.11. The fraction of sp³-hybridized carbons (Fsp3) is 0.467. The molecule has 21 heavy (non-hydrogen) atoms. The molecule has 2 rings (SSSR count). The summed E-state index contributed by atoms with van der Waals surface area (Å²) in [6, 6.07) is 5.30. The van der Waals surface area contributed by atoms with Gasteiger partial charge in [0.05, 0.1) is 13.2 Å². The molecule has 114 valence electrons. The van der Waals surface area contributed by atoms with E-state index in [-0.39, 0.29) is 19.1 Å². The van der Waals surface area contributed by atoms with E-state index < -0.39 is 0 Å². The fourth-order valence-electron chi connectivity index (χ4n) is 1.74. The number of rotatable bonds is 7. The summed E-state index contributed by atoms with van der Waals surface area (Å²) in [6.07, 6.45) is 0. The van der Waals surface area contributed by atoms with Crippen molar-refractivity contribution in [2.75, 3.05) is 6.61 Å². The third kappa shape index (κ3) is 3.95. The van der Waals surface area contributed by atoms with Crippen LogP contribution in [0.3, 0.4) is 0 Å². The highest BCUT2D eigenvalue weighted by molar-refractivity contribution is 5.42. The molecule has 0 amide bonds. The summed E-state index contributed by atoms with van der Waals surface area (Å²) in [5, 5.41) is 13.0. The number of ether oxygens (including phenoxy) is 2. The molecular weight excluding hydrogens is 272 g/mol. The third-order valence-corrected chi connectivity index (χ3v) is 2.84. The molecule has 0 aliphatic carbocycles. The van der Waals surface area contributed by atoms with Gasteiger partial charge in [0.1, 0.15) is 0 Å². The van der Waals surface area contributed by atoms with Crippen LogP contribution in [0.1, 0.15) is 44.0 Å². The highest BCUT2D eigenvalue weighted by Gasteiger charge is 2.12. The quantitative estimate of drug-likeness (QED) is 0.845. The molecule has 0 unspecified atom stereocenters. The van der Waals surface area contributed by atoms with Crippen molar-refractivity contribution in [2.45, 2.75) is 39.9 Å². The second kappa shape index (κ2) is 7.08. The van der Waals surface area contributed by atoms with Crippen molar-refractivity contribution in [2.24, 2.45) is 0 Å². The molecule has 0 spiro atoms. The molecule has 6 nitrogen and oxygen atoms in total. The Bertz CT molecular complexity index is 581. The smallest absolute Gasteiger partial charge is 0.264 e. The van der Waals surface area contributed by atoms with Crippen LogP contribution in [0.25, 0.3) is 0 Å². The predicted molar refractivity (Wildman–Crippen MR) is 76.3 cm³/mol. The van der Waals surface area contributed by atoms with Crippen LogP contribution in [0.2, 0.25) is 0 Å². The molecule has 0 saturated heterocycles. The average Bonchev–Trinajstić information content (AvgIpc) is 2.95. The highest BCUT2D eigenvalue weighted by Crippen LogP contribution is 2.29. The largest absolute Gasteiger partial charge is 0.490 e. The average molecular weight is 292 g/mol. The second-order valence-corrected chi connectivity index (χ2v) is 4.86. The number of benzene rings is 1. The van der Waals surface area contributed by atoms with Gasteiger partial charge in [-0.15, -0.1) is 0 Å². The van der Waals surface area contributed by atoms with Gasteiger partial charge in [-0.25, -0.2) is 0 Å². The molecule has 0 bridgehead atoms. The first-order chi connectivity index (χ1) is 10.1.